The number of aliphatic hydroxyl groups excluding tert-OH is 2. The van der Waals surface area contributed by atoms with Crippen molar-refractivity contribution in [3.63, 3.8) is 0 Å². The van der Waals surface area contributed by atoms with Crippen molar-refractivity contribution >= 4 is 11.8 Å². The van der Waals surface area contributed by atoms with E-state index in [1.165, 1.54) is 5.56 Å². The molecule has 0 aromatic carbocycles. The van der Waals surface area contributed by atoms with Crippen molar-refractivity contribution in [3.05, 3.63) is 37.0 Å². The summed E-state index contributed by atoms with van der Waals surface area (Å²) >= 11 is 1.96. The van der Waals surface area contributed by atoms with Crippen LogP contribution in [0.5, 0.6) is 0 Å². The van der Waals surface area contributed by atoms with Crippen LogP contribution in [0.4, 0.5) is 0 Å². The molecule has 1 aromatic rings. The third-order valence-electron chi connectivity index (χ3n) is 2.02. The van der Waals surface area contributed by atoms with E-state index in [4.69, 9.17) is 10.2 Å². The van der Waals surface area contributed by atoms with E-state index in [2.05, 4.69) is 37.9 Å². The Morgan fingerprint density at radius 3 is 2.00 bits per heavy atom. The molecule has 0 aliphatic heterocycles. The number of pyridine rings is 1. The van der Waals surface area contributed by atoms with Crippen LogP contribution in [0.25, 0.3) is 0 Å². The van der Waals surface area contributed by atoms with Gasteiger partial charge >= 0.3 is 0 Å². The fourth-order valence-corrected chi connectivity index (χ4v) is 2.28. The molecule has 0 radical (unpaired) electrons. The SMILES string of the molecule is CO.CO.[CH2-]CC(C)SC(C)c1ccncc1.[Ti]. The number of nitrogens with zero attached hydrogens (tertiary/aromatic N) is 1. The molecule has 0 aliphatic rings. The van der Waals surface area contributed by atoms with Crippen LogP contribution in [0.2, 0.25) is 0 Å². The van der Waals surface area contributed by atoms with Gasteiger partial charge in [-0.15, -0.1) is 0 Å². The molecular weight excluding hydrogens is 282 g/mol. The predicted octanol–water partition coefficient (Wildman–Crippen LogP) is 2.70. The van der Waals surface area contributed by atoms with E-state index < -0.39 is 0 Å². The van der Waals surface area contributed by atoms with Gasteiger partial charge in [-0.05, 0) is 29.9 Å². The van der Waals surface area contributed by atoms with Gasteiger partial charge in [-0.1, -0.05) is 6.92 Å². The summed E-state index contributed by atoms with van der Waals surface area (Å²) in [7, 11) is 2.00. The second-order valence-electron chi connectivity index (χ2n) is 3.16. The number of rotatable bonds is 4. The molecule has 0 spiro atoms. The molecule has 2 N–H and O–H groups in total. The molecule has 5 heteroatoms. The summed E-state index contributed by atoms with van der Waals surface area (Å²) in [6, 6.07) is 4.15. The van der Waals surface area contributed by atoms with Crippen LogP contribution in [0.3, 0.4) is 0 Å². The van der Waals surface area contributed by atoms with Crippen molar-refractivity contribution < 1.29 is 31.9 Å². The third kappa shape index (κ3) is 11.2. The first-order chi connectivity index (χ1) is 8.24. The molecule has 2 atom stereocenters. The molecule has 1 aromatic heterocycles. The van der Waals surface area contributed by atoms with Gasteiger partial charge in [0.1, 0.15) is 0 Å². The van der Waals surface area contributed by atoms with Crippen LogP contribution < -0.4 is 0 Å². The average molecular weight is 306 g/mol. The van der Waals surface area contributed by atoms with Crippen LogP contribution in [0, 0.1) is 6.92 Å². The van der Waals surface area contributed by atoms with E-state index in [-0.39, 0.29) is 21.7 Å². The Bertz CT molecular complexity index is 250. The Kier molecular flexibility index (Phi) is 22.1. The van der Waals surface area contributed by atoms with Gasteiger partial charge in [0.05, 0.1) is 0 Å². The maximum Gasteiger partial charge on any atom is 0.0319 e. The number of thioether (sulfide) groups is 1. The minimum Gasteiger partial charge on any atom is -0.400 e. The minimum absolute atomic E-state index is 0. The van der Waals surface area contributed by atoms with E-state index >= 15 is 0 Å². The van der Waals surface area contributed by atoms with E-state index in [0.29, 0.717) is 10.5 Å². The zero-order valence-electron chi connectivity index (χ0n) is 11.6. The average Bonchev–Trinajstić information content (AvgIpc) is 2.44. The molecule has 1 rings (SSSR count). The molecule has 0 bridgehead atoms. The third-order valence-corrected chi connectivity index (χ3v) is 3.40. The Balaban J connectivity index is -0.000000409. The van der Waals surface area contributed by atoms with Crippen LogP contribution in [-0.4, -0.2) is 34.7 Å². The molecule has 0 saturated carbocycles. The molecule has 0 aliphatic carbocycles. The Morgan fingerprint density at radius 1 is 1.17 bits per heavy atom. The van der Waals surface area contributed by atoms with Crippen LogP contribution >= 0.6 is 11.8 Å². The van der Waals surface area contributed by atoms with E-state index in [0.717, 1.165) is 20.6 Å². The predicted molar refractivity (Wildman–Crippen MR) is 76.0 cm³/mol. The fraction of sp³-hybridized carbons (Fsp3) is 0.538. The summed E-state index contributed by atoms with van der Waals surface area (Å²) < 4.78 is 0. The largest absolute Gasteiger partial charge is 0.400 e. The monoisotopic (exact) mass is 306 g/mol. The Hall–Kier alpha value is 0.134. The van der Waals surface area contributed by atoms with Crippen LogP contribution in [-0.2, 0) is 21.7 Å². The molecule has 104 valence electrons. The topological polar surface area (TPSA) is 53.4 Å². The van der Waals surface area contributed by atoms with Gasteiger partial charge in [-0.3, -0.25) is 4.98 Å². The van der Waals surface area contributed by atoms with Crippen molar-refractivity contribution in [3.8, 4) is 0 Å². The van der Waals surface area contributed by atoms with Gasteiger partial charge in [0, 0.05) is 53.6 Å². The molecular formula is C13H24NO2STi-. The standard InChI is InChI=1S/C11H16NS.2CH4O.Ti/c1-4-9(2)13-10(3)11-5-7-12-8-6-11;2*1-2;/h5-10H,1,4H2,2-3H3;2*2H,1H3;/q-1;;;. The maximum absolute atomic E-state index is 7.00. The molecule has 1 heterocycles. The number of hydrogen-bond acceptors (Lipinski definition) is 4. The summed E-state index contributed by atoms with van der Waals surface area (Å²) in [6.45, 7) is 8.35. The van der Waals surface area contributed by atoms with Crippen LogP contribution in [0.1, 0.15) is 31.1 Å². The summed E-state index contributed by atoms with van der Waals surface area (Å²) in [5.41, 5.74) is 1.35. The number of hydrogen-bond donors (Lipinski definition) is 2. The fourth-order valence-electron chi connectivity index (χ4n) is 1.13. The van der Waals surface area contributed by atoms with E-state index in [1.807, 2.05) is 24.2 Å². The molecule has 2 unspecified atom stereocenters. The summed E-state index contributed by atoms with van der Waals surface area (Å²) in [5.74, 6) is 0. The minimum atomic E-state index is 0. The first-order valence-electron chi connectivity index (χ1n) is 5.48. The van der Waals surface area contributed by atoms with Gasteiger partial charge < -0.3 is 17.1 Å². The first kappa shape index (κ1) is 23.2. The quantitative estimate of drug-likeness (QED) is 0.663. The Labute approximate surface area is 130 Å². The molecule has 0 fully saturated rings. The second-order valence-corrected chi connectivity index (χ2v) is 4.94. The number of aromatic nitrogens is 1. The number of aliphatic hydroxyl groups is 2. The molecule has 3 nitrogen and oxygen atoms in total. The van der Waals surface area contributed by atoms with E-state index in [9.17, 15) is 0 Å². The first-order valence-corrected chi connectivity index (χ1v) is 6.42. The zero-order valence-corrected chi connectivity index (χ0v) is 14.0. The zero-order chi connectivity index (χ0) is 13.7. The molecule has 0 amide bonds. The van der Waals surface area contributed by atoms with Crippen molar-refractivity contribution in [1.82, 2.24) is 4.98 Å². The Morgan fingerprint density at radius 2 is 1.61 bits per heavy atom. The van der Waals surface area contributed by atoms with Crippen LogP contribution in [0.15, 0.2) is 24.5 Å². The van der Waals surface area contributed by atoms with Gasteiger partial charge in [-0.2, -0.15) is 18.2 Å². The van der Waals surface area contributed by atoms with Crippen molar-refractivity contribution in [1.29, 1.82) is 0 Å². The molecule has 0 saturated heterocycles. The second kappa shape index (κ2) is 17.1. The van der Waals surface area contributed by atoms with Gasteiger partial charge in [-0.25, -0.2) is 0 Å². The van der Waals surface area contributed by atoms with E-state index in [1.54, 1.807) is 0 Å². The van der Waals surface area contributed by atoms with Gasteiger partial charge in [0.25, 0.3) is 0 Å². The summed E-state index contributed by atoms with van der Waals surface area (Å²) in [6.07, 6.45) is 4.68. The van der Waals surface area contributed by atoms with Crippen molar-refractivity contribution in [2.24, 2.45) is 0 Å². The normalized spacial score (nSPS) is 11.7. The summed E-state index contributed by atoms with van der Waals surface area (Å²) in [4.78, 5) is 4.01. The van der Waals surface area contributed by atoms with Gasteiger partial charge in [0.2, 0.25) is 0 Å². The smallest absolute Gasteiger partial charge is 0.0319 e. The molecule has 18 heavy (non-hydrogen) atoms. The summed E-state index contributed by atoms with van der Waals surface area (Å²) in [5, 5.41) is 15.2. The maximum atomic E-state index is 7.00. The van der Waals surface area contributed by atoms with Crippen molar-refractivity contribution in [2.75, 3.05) is 14.2 Å². The van der Waals surface area contributed by atoms with Crippen molar-refractivity contribution in [2.45, 2.75) is 30.8 Å². The van der Waals surface area contributed by atoms with Gasteiger partial charge in [0.15, 0.2) is 0 Å².